The zero-order valence-corrected chi connectivity index (χ0v) is 18.5. The number of nitrogens with one attached hydrogen (secondary N) is 2. The molecule has 2 aromatic rings. The number of carbonyl (C=O) groups is 1. The summed E-state index contributed by atoms with van der Waals surface area (Å²) in [6, 6.07) is 6.53. The minimum Gasteiger partial charge on any atom is -0.451 e. The topological polar surface area (TPSA) is 108 Å². The van der Waals surface area contributed by atoms with E-state index in [0.717, 1.165) is 11.1 Å². The Morgan fingerprint density at radius 2 is 1.66 bits per heavy atom. The Labute approximate surface area is 185 Å². The fraction of sp³-hybridized carbons (Fsp3) is 0.381. The highest BCUT2D eigenvalue weighted by atomic mass is 32.2. The molecule has 8 nitrogen and oxygen atoms in total. The summed E-state index contributed by atoms with van der Waals surface area (Å²) in [5, 5.41) is 10.0. The summed E-state index contributed by atoms with van der Waals surface area (Å²) in [5.74, 6) is -3.22. The number of rotatable bonds is 7. The van der Waals surface area contributed by atoms with E-state index in [-0.39, 0.29) is 18.1 Å². The van der Waals surface area contributed by atoms with E-state index in [2.05, 4.69) is 4.83 Å². The number of hydrazine groups is 1. The Kier molecular flexibility index (Phi) is 7.44. The molecule has 2 aromatic carbocycles. The molecule has 3 rings (SSSR count). The maximum Gasteiger partial charge on any atom is 0.253 e. The van der Waals surface area contributed by atoms with Crippen LogP contribution in [0.25, 0.3) is 0 Å². The fourth-order valence-electron chi connectivity index (χ4n) is 3.66. The van der Waals surface area contributed by atoms with Gasteiger partial charge in [-0.3, -0.25) is 10.0 Å². The zero-order valence-electron chi connectivity index (χ0n) is 17.7. The van der Waals surface area contributed by atoms with Gasteiger partial charge in [-0.05, 0) is 68.0 Å². The van der Waals surface area contributed by atoms with Crippen LogP contribution in [0.1, 0.15) is 30.4 Å². The Bertz CT molecular complexity index is 1060. The van der Waals surface area contributed by atoms with Gasteiger partial charge in [-0.25, -0.2) is 27.7 Å². The molecule has 1 heterocycles. The molecule has 174 valence electrons. The predicted molar refractivity (Wildman–Crippen MR) is 112 cm³/mol. The monoisotopic (exact) mass is 469 g/mol. The smallest absolute Gasteiger partial charge is 0.253 e. The van der Waals surface area contributed by atoms with Gasteiger partial charge in [0.05, 0.1) is 4.90 Å². The first kappa shape index (κ1) is 24.1. The highest BCUT2D eigenvalue weighted by Gasteiger charge is 2.27. The maximum absolute atomic E-state index is 14.6. The van der Waals surface area contributed by atoms with Gasteiger partial charge in [0.25, 0.3) is 10.0 Å². The number of hydrogen-bond donors (Lipinski definition) is 3. The van der Waals surface area contributed by atoms with Gasteiger partial charge in [0, 0.05) is 19.5 Å². The molecule has 32 heavy (non-hydrogen) atoms. The number of sulfonamides is 1. The number of carbonyl (C=O) groups excluding carboxylic acids is 1. The van der Waals surface area contributed by atoms with E-state index in [4.69, 9.17) is 9.94 Å². The lowest BCUT2D eigenvalue weighted by Gasteiger charge is -2.31. The van der Waals surface area contributed by atoms with Crippen LogP contribution in [0.4, 0.5) is 8.78 Å². The minimum atomic E-state index is -4.23. The summed E-state index contributed by atoms with van der Waals surface area (Å²) in [6.45, 7) is 4.25. The average Bonchev–Trinajstić information content (AvgIpc) is 2.71. The van der Waals surface area contributed by atoms with Crippen molar-refractivity contribution in [2.24, 2.45) is 5.92 Å². The van der Waals surface area contributed by atoms with E-state index >= 15 is 0 Å². The van der Waals surface area contributed by atoms with E-state index in [1.54, 1.807) is 17.6 Å². The normalized spacial score (nSPS) is 15.5. The lowest BCUT2D eigenvalue weighted by atomic mass is 9.94. The third-order valence-corrected chi connectivity index (χ3v) is 6.51. The highest BCUT2D eigenvalue weighted by Crippen LogP contribution is 2.31. The van der Waals surface area contributed by atoms with Crippen molar-refractivity contribution in [2.45, 2.75) is 38.0 Å². The summed E-state index contributed by atoms with van der Waals surface area (Å²) < 4.78 is 59.8. The standard InChI is InChI=1S/C21H25F2N3O5S/c1-13-7-14(2)9-16(8-13)31-21-18(22)11-17(12-19(21)23)32(29,30)25-26-5-3-15(4-6-26)10-20(27)24-28/h7-9,11-12,15,25,28H,3-6,10H2,1-2H3,(H,24,27). The molecule has 0 unspecified atom stereocenters. The van der Waals surface area contributed by atoms with Crippen molar-refractivity contribution >= 4 is 15.9 Å². The van der Waals surface area contributed by atoms with Crippen LogP contribution in [0.15, 0.2) is 35.2 Å². The summed E-state index contributed by atoms with van der Waals surface area (Å²) in [4.78, 5) is 13.0. The van der Waals surface area contributed by atoms with Crippen LogP contribution in [0.3, 0.4) is 0 Å². The zero-order chi connectivity index (χ0) is 23.5. The molecule has 0 saturated carbocycles. The van der Waals surface area contributed by atoms with Crippen molar-refractivity contribution in [3.8, 4) is 11.5 Å². The molecule has 3 N–H and O–H groups in total. The lowest BCUT2D eigenvalue weighted by Crippen LogP contribution is -2.47. The third kappa shape index (κ3) is 6.00. The van der Waals surface area contributed by atoms with E-state index < -0.39 is 38.2 Å². The molecule has 0 aromatic heterocycles. The predicted octanol–water partition coefficient (Wildman–Crippen LogP) is 3.17. The molecule has 0 radical (unpaired) electrons. The van der Waals surface area contributed by atoms with Crippen LogP contribution < -0.4 is 15.0 Å². The van der Waals surface area contributed by atoms with E-state index in [9.17, 15) is 22.0 Å². The van der Waals surface area contributed by atoms with Gasteiger partial charge in [0.2, 0.25) is 5.91 Å². The summed E-state index contributed by atoms with van der Waals surface area (Å²) in [6.07, 6.45) is 1.16. The van der Waals surface area contributed by atoms with Crippen LogP contribution in [0.2, 0.25) is 0 Å². The Morgan fingerprint density at radius 3 is 2.19 bits per heavy atom. The van der Waals surface area contributed by atoms with Crippen LogP contribution in [-0.4, -0.2) is 37.6 Å². The van der Waals surface area contributed by atoms with Crippen molar-refractivity contribution in [3.63, 3.8) is 0 Å². The third-order valence-electron chi connectivity index (χ3n) is 5.16. The van der Waals surface area contributed by atoms with Crippen LogP contribution in [-0.2, 0) is 14.8 Å². The van der Waals surface area contributed by atoms with Crippen LogP contribution >= 0.6 is 0 Å². The number of aryl methyl sites for hydroxylation is 2. The van der Waals surface area contributed by atoms with E-state index in [1.165, 1.54) is 5.01 Å². The Balaban J connectivity index is 1.70. The molecule has 0 spiro atoms. The lowest BCUT2D eigenvalue weighted by molar-refractivity contribution is -0.130. The maximum atomic E-state index is 14.6. The second-order valence-corrected chi connectivity index (χ2v) is 9.57. The Hall–Kier alpha value is -2.60. The number of halogens is 2. The first-order valence-electron chi connectivity index (χ1n) is 10.0. The molecule has 1 aliphatic heterocycles. The number of piperidine rings is 1. The first-order valence-corrected chi connectivity index (χ1v) is 11.5. The van der Waals surface area contributed by atoms with Crippen molar-refractivity contribution in [2.75, 3.05) is 13.1 Å². The van der Waals surface area contributed by atoms with Crippen LogP contribution in [0, 0.1) is 31.4 Å². The summed E-state index contributed by atoms with van der Waals surface area (Å²) >= 11 is 0. The summed E-state index contributed by atoms with van der Waals surface area (Å²) in [7, 11) is -4.23. The summed E-state index contributed by atoms with van der Waals surface area (Å²) in [5.41, 5.74) is 3.28. The van der Waals surface area contributed by atoms with Gasteiger partial charge in [0.15, 0.2) is 17.4 Å². The molecule has 1 saturated heterocycles. The first-order chi connectivity index (χ1) is 15.1. The number of amides is 1. The molecular weight excluding hydrogens is 444 g/mol. The average molecular weight is 470 g/mol. The second-order valence-electron chi connectivity index (χ2n) is 7.91. The largest absolute Gasteiger partial charge is 0.451 e. The molecule has 0 bridgehead atoms. The van der Waals surface area contributed by atoms with Gasteiger partial charge in [-0.1, -0.05) is 6.07 Å². The van der Waals surface area contributed by atoms with Gasteiger partial charge >= 0.3 is 0 Å². The van der Waals surface area contributed by atoms with E-state index in [0.29, 0.717) is 38.1 Å². The van der Waals surface area contributed by atoms with Gasteiger partial charge < -0.3 is 4.74 Å². The number of hydrogen-bond acceptors (Lipinski definition) is 6. The molecule has 11 heteroatoms. The Morgan fingerprint density at radius 1 is 1.09 bits per heavy atom. The molecular formula is C21H25F2N3O5S. The molecule has 1 amide bonds. The second kappa shape index (κ2) is 9.90. The number of benzene rings is 2. The van der Waals surface area contributed by atoms with Crippen molar-refractivity contribution in [1.82, 2.24) is 15.3 Å². The number of hydroxylamine groups is 1. The van der Waals surface area contributed by atoms with Crippen molar-refractivity contribution < 1.29 is 31.9 Å². The minimum absolute atomic E-state index is 0.000477. The number of ether oxygens (including phenoxy) is 1. The molecule has 0 atom stereocenters. The van der Waals surface area contributed by atoms with Crippen molar-refractivity contribution in [3.05, 3.63) is 53.1 Å². The van der Waals surface area contributed by atoms with Crippen LogP contribution in [0.5, 0.6) is 11.5 Å². The van der Waals surface area contributed by atoms with E-state index in [1.807, 2.05) is 19.9 Å². The molecule has 0 aliphatic carbocycles. The SMILES string of the molecule is Cc1cc(C)cc(Oc2c(F)cc(S(=O)(=O)NN3CCC(CC(=O)NO)CC3)cc2F)c1. The number of nitrogens with zero attached hydrogens (tertiary/aromatic N) is 1. The van der Waals surface area contributed by atoms with Gasteiger partial charge in [0.1, 0.15) is 5.75 Å². The highest BCUT2D eigenvalue weighted by molar-refractivity contribution is 7.89. The van der Waals surface area contributed by atoms with Crippen molar-refractivity contribution in [1.29, 1.82) is 0 Å². The molecule has 1 aliphatic rings. The fourth-order valence-corrected chi connectivity index (χ4v) is 4.80. The molecule has 1 fully saturated rings. The van der Waals surface area contributed by atoms with Gasteiger partial charge in [-0.15, -0.1) is 4.83 Å². The van der Waals surface area contributed by atoms with Gasteiger partial charge in [-0.2, -0.15) is 0 Å². The quantitative estimate of drug-likeness (QED) is 0.425.